The molecule has 0 amide bonds. The van der Waals surface area contributed by atoms with Gasteiger partial charge in [-0.3, -0.25) is 0 Å². The van der Waals surface area contributed by atoms with Gasteiger partial charge in [0.2, 0.25) is 5.69 Å². The Hall–Kier alpha value is -2.15. The molecule has 0 atom stereocenters. The van der Waals surface area contributed by atoms with E-state index < -0.39 is 0 Å². The topological polar surface area (TPSA) is 3.88 Å². The first-order valence-corrected chi connectivity index (χ1v) is 6.62. The highest BCUT2D eigenvalue weighted by Gasteiger charge is 2.13. The fraction of sp³-hybridized carbons (Fsp3) is 0.167. The van der Waals surface area contributed by atoms with E-state index in [0.29, 0.717) is 0 Å². The maximum Gasteiger partial charge on any atom is 0.213 e. The summed E-state index contributed by atoms with van der Waals surface area (Å²) in [5, 5.41) is 2.62. The summed E-state index contributed by atoms with van der Waals surface area (Å²) < 4.78 is 2.21. The Balaban J connectivity index is 2.33. The lowest BCUT2D eigenvalue weighted by molar-refractivity contribution is -0.659. The Morgan fingerprint density at radius 3 is 2.37 bits per heavy atom. The van der Waals surface area contributed by atoms with Crippen LogP contribution in [0.25, 0.3) is 22.0 Å². The van der Waals surface area contributed by atoms with Crippen molar-refractivity contribution in [2.45, 2.75) is 13.8 Å². The summed E-state index contributed by atoms with van der Waals surface area (Å²) in [5.74, 6) is 0. The van der Waals surface area contributed by atoms with Crippen molar-refractivity contribution in [1.82, 2.24) is 0 Å². The van der Waals surface area contributed by atoms with Crippen LogP contribution in [-0.2, 0) is 7.05 Å². The summed E-state index contributed by atoms with van der Waals surface area (Å²) >= 11 is 0. The van der Waals surface area contributed by atoms with E-state index in [-0.39, 0.29) is 0 Å². The number of pyridine rings is 1. The van der Waals surface area contributed by atoms with Gasteiger partial charge in [-0.1, -0.05) is 30.3 Å². The van der Waals surface area contributed by atoms with Crippen LogP contribution in [0.2, 0.25) is 0 Å². The van der Waals surface area contributed by atoms with Crippen LogP contribution in [0.3, 0.4) is 0 Å². The van der Waals surface area contributed by atoms with Crippen molar-refractivity contribution in [2.75, 3.05) is 0 Å². The van der Waals surface area contributed by atoms with Crippen LogP contribution in [0, 0.1) is 13.8 Å². The van der Waals surface area contributed by atoms with Gasteiger partial charge in [-0.15, -0.1) is 0 Å². The van der Waals surface area contributed by atoms with Crippen LogP contribution in [0.4, 0.5) is 0 Å². The largest absolute Gasteiger partial charge is 0.213 e. The van der Waals surface area contributed by atoms with E-state index >= 15 is 0 Å². The third-order valence-corrected chi connectivity index (χ3v) is 3.77. The molecule has 0 aliphatic carbocycles. The molecule has 0 saturated carbocycles. The third-order valence-electron chi connectivity index (χ3n) is 3.77. The van der Waals surface area contributed by atoms with Gasteiger partial charge in [0.25, 0.3) is 0 Å². The number of aromatic nitrogens is 1. The highest BCUT2D eigenvalue weighted by molar-refractivity contribution is 5.86. The monoisotopic (exact) mass is 248 g/mol. The van der Waals surface area contributed by atoms with Crippen molar-refractivity contribution in [2.24, 2.45) is 7.05 Å². The van der Waals surface area contributed by atoms with Gasteiger partial charge in [0.15, 0.2) is 6.20 Å². The predicted molar refractivity (Wildman–Crippen MR) is 80.0 cm³/mol. The van der Waals surface area contributed by atoms with Gasteiger partial charge in [0.05, 0.1) is 0 Å². The maximum absolute atomic E-state index is 2.30. The molecule has 94 valence electrons. The molecule has 0 fully saturated rings. The number of nitrogens with zero attached hydrogens (tertiary/aromatic N) is 1. The van der Waals surface area contributed by atoms with E-state index in [1.165, 1.54) is 33.2 Å². The van der Waals surface area contributed by atoms with Crippen LogP contribution in [0.15, 0.2) is 54.7 Å². The molecule has 3 rings (SSSR count). The summed E-state index contributed by atoms with van der Waals surface area (Å²) in [6, 6.07) is 17.3. The summed E-state index contributed by atoms with van der Waals surface area (Å²) in [6.07, 6.45) is 2.21. The van der Waals surface area contributed by atoms with Crippen molar-refractivity contribution in [1.29, 1.82) is 0 Å². The zero-order chi connectivity index (χ0) is 13.4. The molecule has 1 heterocycles. The van der Waals surface area contributed by atoms with Crippen LogP contribution < -0.4 is 4.57 Å². The Morgan fingerprint density at radius 2 is 1.58 bits per heavy atom. The first kappa shape index (κ1) is 11.9. The Morgan fingerprint density at radius 1 is 0.842 bits per heavy atom. The second-order valence-corrected chi connectivity index (χ2v) is 5.16. The minimum Gasteiger partial charge on any atom is -0.200 e. The molecule has 19 heavy (non-hydrogen) atoms. The number of rotatable bonds is 1. The van der Waals surface area contributed by atoms with Crippen LogP contribution in [0.1, 0.15) is 11.1 Å². The molecule has 3 aromatic rings. The Bertz CT molecular complexity index is 757. The molecule has 0 unspecified atom stereocenters. The lowest BCUT2D eigenvalue weighted by Gasteiger charge is -2.07. The van der Waals surface area contributed by atoms with Crippen LogP contribution in [-0.4, -0.2) is 0 Å². The SMILES string of the molecule is Cc1ccccc1-c1cc2c(C)cccc2c[n+]1C. The molecule has 1 nitrogen and oxygen atoms in total. The zero-order valence-electron chi connectivity index (χ0n) is 11.6. The quantitative estimate of drug-likeness (QED) is 0.574. The van der Waals surface area contributed by atoms with Gasteiger partial charge in [-0.25, -0.2) is 4.57 Å². The molecular formula is C18H18N+. The Kier molecular flexibility index (Phi) is 2.83. The molecule has 0 bridgehead atoms. The van der Waals surface area contributed by atoms with Crippen molar-refractivity contribution in [3.63, 3.8) is 0 Å². The van der Waals surface area contributed by atoms with E-state index in [0.717, 1.165) is 0 Å². The van der Waals surface area contributed by atoms with Gasteiger partial charge < -0.3 is 0 Å². The van der Waals surface area contributed by atoms with Crippen molar-refractivity contribution in [3.8, 4) is 11.3 Å². The summed E-state index contributed by atoms with van der Waals surface area (Å²) in [6.45, 7) is 4.33. The van der Waals surface area contributed by atoms with Gasteiger partial charge in [0.1, 0.15) is 7.05 Å². The Labute approximate surface area is 114 Å². The van der Waals surface area contributed by atoms with Gasteiger partial charge in [0, 0.05) is 17.0 Å². The molecule has 1 heteroatoms. The number of fused-ring (bicyclic) bond motifs is 1. The number of hydrogen-bond donors (Lipinski definition) is 0. The van der Waals surface area contributed by atoms with Crippen molar-refractivity contribution in [3.05, 3.63) is 65.9 Å². The van der Waals surface area contributed by atoms with Crippen molar-refractivity contribution < 1.29 is 4.57 Å². The van der Waals surface area contributed by atoms with E-state index in [4.69, 9.17) is 0 Å². The fourth-order valence-electron chi connectivity index (χ4n) is 2.66. The molecule has 0 saturated heterocycles. The van der Waals surface area contributed by atoms with Crippen LogP contribution in [0.5, 0.6) is 0 Å². The third kappa shape index (κ3) is 2.01. The van der Waals surface area contributed by atoms with E-state index in [1.54, 1.807) is 0 Å². The summed E-state index contributed by atoms with van der Waals surface area (Å²) in [4.78, 5) is 0. The predicted octanol–water partition coefficient (Wildman–Crippen LogP) is 3.95. The average molecular weight is 248 g/mol. The second kappa shape index (κ2) is 4.51. The van der Waals surface area contributed by atoms with Gasteiger partial charge in [-0.05, 0) is 42.5 Å². The molecule has 0 aliphatic rings. The lowest BCUT2D eigenvalue weighted by Crippen LogP contribution is -2.30. The van der Waals surface area contributed by atoms with E-state index in [1.807, 2.05) is 0 Å². The standard InChI is InChI=1S/C18H18N/c1-13-7-4-5-10-16(13)18-11-17-14(2)8-6-9-15(17)12-19(18)3/h4-12H,1-3H3/q+1. The minimum atomic E-state index is 1.26. The first-order chi connectivity index (χ1) is 9.16. The first-order valence-electron chi connectivity index (χ1n) is 6.62. The number of hydrogen-bond acceptors (Lipinski definition) is 0. The number of benzene rings is 2. The zero-order valence-corrected chi connectivity index (χ0v) is 11.6. The summed E-state index contributed by atoms with van der Waals surface area (Å²) in [7, 11) is 2.11. The van der Waals surface area contributed by atoms with E-state index in [2.05, 4.69) is 80.2 Å². The summed E-state index contributed by atoms with van der Waals surface area (Å²) in [5.41, 5.74) is 5.20. The van der Waals surface area contributed by atoms with Gasteiger partial charge in [-0.2, -0.15) is 0 Å². The smallest absolute Gasteiger partial charge is 0.200 e. The van der Waals surface area contributed by atoms with Crippen molar-refractivity contribution >= 4 is 10.8 Å². The molecule has 0 N–H and O–H groups in total. The highest BCUT2D eigenvalue weighted by Crippen LogP contribution is 2.24. The van der Waals surface area contributed by atoms with E-state index in [9.17, 15) is 0 Å². The van der Waals surface area contributed by atoms with Gasteiger partial charge >= 0.3 is 0 Å². The molecule has 0 radical (unpaired) electrons. The van der Waals surface area contributed by atoms with Crippen LogP contribution >= 0.6 is 0 Å². The molecule has 0 aliphatic heterocycles. The lowest BCUT2D eigenvalue weighted by atomic mass is 10.0. The normalized spacial score (nSPS) is 10.9. The molecule has 2 aromatic carbocycles. The molecule has 1 aromatic heterocycles. The molecular weight excluding hydrogens is 230 g/mol. The highest BCUT2D eigenvalue weighted by atomic mass is 14.9. The average Bonchev–Trinajstić information content (AvgIpc) is 2.39. The number of aryl methyl sites for hydroxylation is 3. The maximum atomic E-state index is 2.30. The fourth-order valence-corrected chi connectivity index (χ4v) is 2.66. The molecule has 0 spiro atoms. The minimum absolute atomic E-state index is 1.26. The second-order valence-electron chi connectivity index (χ2n) is 5.16.